The van der Waals surface area contributed by atoms with Crippen LogP contribution < -0.4 is 5.32 Å². The van der Waals surface area contributed by atoms with Crippen molar-refractivity contribution >= 4 is 17.7 Å². The standard InChI is InChI=1S/C19H22FNO2S/c1-2-23-14-16-6-4-3-5-15(16)13-21-19(22)11-12-24-18-9-7-17(20)8-10-18/h3-10H,2,11-14H2,1H3,(H,21,22). The maximum Gasteiger partial charge on any atom is 0.221 e. The number of nitrogens with one attached hydrogen (secondary N) is 1. The Kier molecular flexibility index (Phi) is 7.79. The minimum Gasteiger partial charge on any atom is -0.377 e. The van der Waals surface area contributed by atoms with Crippen LogP contribution in [-0.4, -0.2) is 18.3 Å². The van der Waals surface area contributed by atoms with E-state index in [1.54, 1.807) is 23.9 Å². The molecular formula is C19H22FNO2S. The van der Waals surface area contributed by atoms with Crippen LogP contribution in [0.4, 0.5) is 4.39 Å². The molecule has 2 rings (SSSR count). The van der Waals surface area contributed by atoms with Gasteiger partial charge in [-0.25, -0.2) is 4.39 Å². The van der Waals surface area contributed by atoms with Gasteiger partial charge in [0.05, 0.1) is 6.61 Å². The van der Waals surface area contributed by atoms with E-state index >= 15 is 0 Å². The van der Waals surface area contributed by atoms with Crippen LogP contribution in [0.1, 0.15) is 24.5 Å². The number of carbonyl (C=O) groups excluding carboxylic acids is 1. The predicted molar refractivity (Wildman–Crippen MR) is 95.4 cm³/mol. The van der Waals surface area contributed by atoms with Crippen LogP contribution in [0.2, 0.25) is 0 Å². The number of amides is 1. The summed E-state index contributed by atoms with van der Waals surface area (Å²) in [5.41, 5.74) is 2.17. The minimum atomic E-state index is -0.247. The van der Waals surface area contributed by atoms with E-state index < -0.39 is 0 Å². The third-order valence-electron chi connectivity index (χ3n) is 3.47. The Bertz CT molecular complexity index is 646. The van der Waals surface area contributed by atoms with Crippen molar-refractivity contribution in [3.8, 4) is 0 Å². The Morgan fingerprint density at radius 1 is 1.12 bits per heavy atom. The van der Waals surface area contributed by atoms with E-state index in [1.807, 2.05) is 31.2 Å². The van der Waals surface area contributed by atoms with Crippen LogP contribution in [0.3, 0.4) is 0 Å². The summed E-state index contributed by atoms with van der Waals surface area (Å²) in [7, 11) is 0. The highest BCUT2D eigenvalue weighted by Gasteiger charge is 2.05. The van der Waals surface area contributed by atoms with E-state index in [0.29, 0.717) is 31.9 Å². The Morgan fingerprint density at radius 2 is 1.83 bits per heavy atom. The van der Waals surface area contributed by atoms with Gasteiger partial charge in [-0.3, -0.25) is 4.79 Å². The van der Waals surface area contributed by atoms with Crippen LogP contribution in [-0.2, 0) is 22.7 Å². The van der Waals surface area contributed by atoms with Gasteiger partial charge in [-0.1, -0.05) is 24.3 Å². The minimum absolute atomic E-state index is 0.0100. The summed E-state index contributed by atoms with van der Waals surface area (Å²) in [5.74, 6) is 0.427. The van der Waals surface area contributed by atoms with E-state index in [-0.39, 0.29) is 11.7 Å². The van der Waals surface area contributed by atoms with Gasteiger partial charge in [-0.15, -0.1) is 11.8 Å². The monoisotopic (exact) mass is 347 g/mol. The van der Waals surface area contributed by atoms with Crippen molar-refractivity contribution in [2.45, 2.75) is 31.4 Å². The van der Waals surface area contributed by atoms with Crippen molar-refractivity contribution in [2.24, 2.45) is 0 Å². The highest BCUT2D eigenvalue weighted by Crippen LogP contribution is 2.18. The molecule has 1 N–H and O–H groups in total. The summed E-state index contributed by atoms with van der Waals surface area (Å²) >= 11 is 1.55. The van der Waals surface area contributed by atoms with Gasteiger partial charge in [-0.05, 0) is 42.3 Å². The fourth-order valence-corrected chi connectivity index (χ4v) is 3.01. The molecule has 24 heavy (non-hydrogen) atoms. The van der Waals surface area contributed by atoms with E-state index in [0.717, 1.165) is 16.0 Å². The zero-order chi connectivity index (χ0) is 17.2. The van der Waals surface area contributed by atoms with Crippen molar-refractivity contribution < 1.29 is 13.9 Å². The van der Waals surface area contributed by atoms with Gasteiger partial charge in [0.1, 0.15) is 5.82 Å². The molecule has 0 aromatic heterocycles. The van der Waals surface area contributed by atoms with Crippen molar-refractivity contribution in [1.82, 2.24) is 5.32 Å². The lowest BCUT2D eigenvalue weighted by Crippen LogP contribution is -2.23. The molecule has 0 aliphatic rings. The van der Waals surface area contributed by atoms with Gasteiger partial charge < -0.3 is 10.1 Å². The zero-order valence-electron chi connectivity index (χ0n) is 13.8. The maximum absolute atomic E-state index is 12.8. The number of hydrogen-bond donors (Lipinski definition) is 1. The zero-order valence-corrected chi connectivity index (χ0v) is 14.6. The first-order valence-electron chi connectivity index (χ1n) is 7.98. The number of benzene rings is 2. The van der Waals surface area contributed by atoms with Crippen molar-refractivity contribution in [3.05, 3.63) is 65.5 Å². The third-order valence-corrected chi connectivity index (χ3v) is 4.48. The van der Waals surface area contributed by atoms with Crippen molar-refractivity contribution in [1.29, 1.82) is 0 Å². The van der Waals surface area contributed by atoms with Gasteiger partial charge in [0.25, 0.3) is 0 Å². The van der Waals surface area contributed by atoms with Gasteiger partial charge in [-0.2, -0.15) is 0 Å². The lowest BCUT2D eigenvalue weighted by atomic mass is 10.1. The predicted octanol–water partition coefficient (Wildman–Crippen LogP) is 4.16. The van der Waals surface area contributed by atoms with E-state index in [2.05, 4.69) is 5.32 Å². The molecule has 3 nitrogen and oxygen atoms in total. The lowest BCUT2D eigenvalue weighted by Gasteiger charge is -2.10. The second-order valence-electron chi connectivity index (χ2n) is 5.23. The summed E-state index contributed by atoms with van der Waals surface area (Å²) in [4.78, 5) is 12.9. The molecule has 1 amide bonds. The Hall–Kier alpha value is -1.85. The summed E-state index contributed by atoms with van der Waals surface area (Å²) in [6.07, 6.45) is 0.426. The number of carbonyl (C=O) groups is 1. The highest BCUT2D eigenvalue weighted by atomic mass is 32.2. The normalized spacial score (nSPS) is 10.6. The van der Waals surface area contributed by atoms with Crippen LogP contribution >= 0.6 is 11.8 Å². The second kappa shape index (κ2) is 10.1. The maximum atomic E-state index is 12.8. The molecule has 0 aliphatic carbocycles. The second-order valence-corrected chi connectivity index (χ2v) is 6.40. The summed E-state index contributed by atoms with van der Waals surface area (Å²) in [6, 6.07) is 14.3. The van der Waals surface area contributed by atoms with Crippen molar-refractivity contribution in [3.63, 3.8) is 0 Å². The average molecular weight is 347 g/mol. The van der Waals surface area contributed by atoms with Crippen LogP contribution in [0.15, 0.2) is 53.4 Å². The number of halogens is 1. The van der Waals surface area contributed by atoms with Gasteiger partial charge in [0.15, 0.2) is 0 Å². The molecule has 0 bridgehead atoms. The lowest BCUT2D eigenvalue weighted by molar-refractivity contribution is -0.120. The number of thioether (sulfide) groups is 1. The number of rotatable bonds is 9. The quantitative estimate of drug-likeness (QED) is 0.692. The molecule has 0 fully saturated rings. The fraction of sp³-hybridized carbons (Fsp3) is 0.316. The first kappa shape index (κ1) is 18.5. The molecule has 0 unspecified atom stereocenters. The van der Waals surface area contributed by atoms with Crippen LogP contribution in [0.5, 0.6) is 0 Å². The molecule has 0 aliphatic heterocycles. The Balaban J connectivity index is 1.74. The molecule has 0 atom stereocenters. The average Bonchev–Trinajstić information content (AvgIpc) is 2.60. The molecule has 2 aromatic rings. The molecular weight excluding hydrogens is 325 g/mol. The molecule has 0 saturated carbocycles. The first-order valence-corrected chi connectivity index (χ1v) is 8.97. The topological polar surface area (TPSA) is 38.3 Å². The van der Waals surface area contributed by atoms with Crippen molar-refractivity contribution in [2.75, 3.05) is 12.4 Å². The third kappa shape index (κ3) is 6.34. The summed E-state index contributed by atoms with van der Waals surface area (Å²) in [6.45, 7) is 3.69. The molecule has 0 heterocycles. The highest BCUT2D eigenvalue weighted by molar-refractivity contribution is 7.99. The Morgan fingerprint density at radius 3 is 2.54 bits per heavy atom. The molecule has 0 saturated heterocycles. The molecule has 0 spiro atoms. The van der Waals surface area contributed by atoms with E-state index in [1.165, 1.54) is 12.1 Å². The largest absolute Gasteiger partial charge is 0.377 e. The molecule has 128 valence electrons. The van der Waals surface area contributed by atoms with E-state index in [9.17, 15) is 9.18 Å². The van der Waals surface area contributed by atoms with Crippen LogP contribution in [0, 0.1) is 5.82 Å². The number of ether oxygens (including phenoxy) is 1. The van der Waals surface area contributed by atoms with Crippen LogP contribution in [0.25, 0.3) is 0 Å². The van der Waals surface area contributed by atoms with Gasteiger partial charge in [0.2, 0.25) is 5.91 Å². The smallest absolute Gasteiger partial charge is 0.221 e. The molecule has 5 heteroatoms. The first-order chi connectivity index (χ1) is 11.7. The summed E-state index contributed by atoms with van der Waals surface area (Å²) < 4.78 is 18.3. The molecule has 0 radical (unpaired) electrons. The SMILES string of the molecule is CCOCc1ccccc1CNC(=O)CCSc1ccc(F)cc1. The van der Waals surface area contributed by atoms with E-state index in [4.69, 9.17) is 4.74 Å². The summed E-state index contributed by atoms with van der Waals surface area (Å²) in [5, 5.41) is 2.94. The number of hydrogen-bond acceptors (Lipinski definition) is 3. The fourth-order valence-electron chi connectivity index (χ4n) is 2.16. The molecule has 2 aromatic carbocycles. The Labute approximate surface area is 146 Å². The van der Waals surface area contributed by atoms with Gasteiger partial charge in [0, 0.05) is 30.2 Å². The van der Waals surface area contributed by atoms with Gasteiger partial charge >= 0.3 is 0 Å².